The fourth-order valence-electron chi connectivity index (χ4n) is 3.11. The van der Waals surface area contributed by atoms with Gasteiger partial charge in [-0.25, -0.2) is 0 Å². The number of nitrogens with one attached hydrogen (secondary N) is 1. The van der Waals surface area contributed by atoms with Gasteiger partial charge in [-0.15, -0.1) is 0 Å². The number of rotatable bonds is 7. The molecule has 0 saturated heterocycles. The number of amides is 1. The van der Waals surface area contributed by atoms with E-state index in [2.05, 4.69) is 65.4 Å². The van der Waals surface area contributed by atoms with Crippen LogP contribution in [0.2, 0.25) is 0 Å². The lowest BCUT2D eigenvalue weighted by Crippen LogP contribution is -2.26. The normalized spacial score (nSPS) is 11.2. The van der Waals surface area contributed by atoms with Gasteiger partial charge in [0, 0.05) is 43.5 Å². The minimum atomic E-state index is 0.0857. The SMILES string of the molecule is Cc1nn(CCC(=O)NCCCn2ccc3ccccc32)c(C)c1C. The third-order valence-electron chi connectivity index (χ3n) is 4.87. The summed E-state index contributed by atoms with van der Waals surface area (Å²) in [4.78, 5) is 12.0. The van der Waals surface area contributed by atoms with E-state index >= 15 is 0 Å². The number of nitrogens with zero attached hydrogens (tertiary/aromatic N) is 3. The largest absolute Gasteiger partial charge is 0.356 e. The van der Waals surface area contributed by atoms with Crippen LogP contribution in [0.15, 0.2) is 36.5 Å². The molecule has 1 aromatic carbocycles. The standard InChI is InChI=1S/C20H26N4O/c1-15-16(2)22-24(17(15)3)14-10-20(25)21-11-6-12-23-13-9-18-7-4-5-8-19(18)23/h4-5,7-9,13H,6,10-12,14H2,1-3H3,(H,21,25). The smallest absolute Gasteiger partial charge is 0.221 e. The van der Waals surface area contributed by atoms with Crippen molar-refractivity contribution in [3.8, 4) is 0 Å². The molecule has 1 N–H and O–H groups in total. The predicted molar refractivity (Wildman–Crippen MR) is 101 cm³/mol. The summed E-state index contributed by atoms with van der Waals surface area (Å²) in [7, 11) is 0. The van der Waals surface area contributed by atoms with Crippen molar-refractivity contribution in [1.29, 1.82) is 0 Å². The van der Waals surface area contributed by atoms with E-state index in [1.54, 1.807) is 0 Å². The summed E-state index contributed by atoms with van der Waals surface area (Å²) in [6.07, 6.45) is 3.49. The van der Waals surface area contributed by atoms with Crippen LogP contribution in [0, 0.1) is 20.8 Å². The van der Waals surface area contributed by atoms with E-state index in [1.165, 1.54) is 16.5 Å². The van der Waals surface area contributed by atoms with Crippen molar-refractivity contribution in [2.24, 2.45) is 0 Å². The Morgan fingerprint density at radius 3 is 2.68 bits per heavy atom. The summed E-state index contributed by atoms with van der Waals surface area (Å²) in [5, 5.41) is 8.74. The van der Waals surface area contributed by atoms with E-state index in [9.17, 15) is 4.79 Å². The Bertz CT molecular complexity index is 875. The lowest BCUT2D eigenvalue weighted by atomic mass is 10.2. The van der Waals surface area contributed by atoms with E-state index in [-0.39, 0.29) is 5.91 Å². The van der Waals surface area contributed by atoms with Crippen molar-refractivity contribution < 1.29 is 4.79 Å². The molecule has 132 valence electrons. The first kappa shape index (κ1) is 17.3. The molecule has 0 saturated carbocycles. The number of carbonyl (C=O) groups excluding carboxylic acids is 1. The van der Waals surface area contributed by atoms with Crippen LogP contribution in [-0.2, 0) is 17.9 Å². The molecule has 0 spiro atoms. The molecular weight excluding hydrogens is 312 g/mol. The zero-order valence-electron chi connectivity index (χ0n) is 15.2. The highest BCUT2D eigenvalue weighted by Crippen LogP contribution is 2.15. The van der Waals surface area contributed by atoms with Gasteiger partial charge in [0.2, 0.25) is 5.91 Å². The average molecular weight is 338 g/mol. The molecule has 5 nitrogen and oxygen atoms in total. The number of carbonyl (C=O) groups is 1. The monoisotopic (exact) mass is 338 g/mol. The number of hydrogen-bond donors (Lipinski definition) is 1. The van der Waals surface area contributed by atoms with Crippen LogP contribution >= 0.6 is 0 Å². The molecule has 0 atom stereocenters. The number of aromatic nitrogens is 3. The first-order valence-electron chi connectivity index (χ1n) is 8.87. The Morgan fingerprint density at radius 2 is 1.92 bits per heavy atom. The van der Waals surface area contributed by atoms with Crippen LogP contribution in [0.1, 0.15) is 29.8 Å². The summed E-state index contributed by atoms with van der Waals surface area (Å²) in [6.45, 7) is 8.36. The number of benzene rings is 1. The lowest BCUT2D eigenvalue weighted by molar-refractivity contribution is -0.121. The molecule has 2 aromatic heterocycles. The molecule has 25 heavy (non-hydrogen) atoms. The molecule has 0 fully saturated rings. The predicted octanol–water partition coefficient (Wildman–Crippen LogP) is 3.36. The van der Waals surface area contributed by atoms with Crippen LogP contribution in [0.5, 0.6) is 0 Å². The molecule has 1 amide bonds. The van der Waals surface area contributed by atoms with Gasteiger partial charge in [-0.05, 0) is 50.3 Å². The quantitative estimate of drug-likeness (QED) is 0.672. The maximum absolute atomic E-state index is 12.0. The summed E-state index contributed by atoms with van der Waals surface area (Å²) >= 11 is 0. The summed E-state index contributed by atoms with van der Waals surface area (Å²) in [5.41, 5.74) is 4.63. The Balaban J connectivity index is 1.41. The second-order valence-electron chi connectivity index (χ2n) is 6.54. The van der Waals surface area contributed by atoms with E-state index in [0.29, 0.717) is 19.5 Å². The van der Waals surface area contributed by atoms with Crippen LogP contribution in [0.3, 0.4) is 0 Å². The highest BCUT2D eigenvalue weighted by molar-refractivity contribution is 5.79. The van der Waals surface area contributed by atoms with Gasteiger partial charge in [-0.3, -0.25) is 9.48 Å². The fraction of sp³-hybridized carbons (Fsp3) is 0.400. The molecule has 3 rings (SSSR count). The van der Waals surface area contributed by atoms with E-state index in [0.717, 1.165) is 24.4 Å². The van der Waals surface area contributed by atoms with Gasteiger partial charge in [0.15, 0.2) is 0 Å². The van der Waals surface area contributed by atoms with Gasteiger partial charge < -0.3 is 9.88 Å². The molecule has 5 heteroatoms. The minimum Gasteiger partial charge on any atom is -0.356 e. The minimum absolute atomic E-state index is 0.0857. The van der Waals surface area contributed by atoms with Gasteiger partial charge in [0.25, 0.3) is 0 Å². The number of hydrogen-bond acceptors (Lipinski definition) is 2. The van der Waals surface area contributed by atoms with Crippen molar-refractivity contribution in [2.45, 2.75) is 46.7 Å². The summed E-state index contributed by atoms with van der Waals surface area (Å²) in [6, 6.07) is 10.5. The molecule has 0 aliphatic rings. The highest BCUT2D eigenvalue weighted by atomic mass is 16.1. The zero-order valence-corrected chi connectivity index (χ0v) is 15.2. The Kier molecular flexibility index (Phi) is 5.22. The van der Waals surface area contributed by atoms with Gasteiger partial charge in [-0.1, -0.05) is 18.2 Å². The van der Waals surface area contributed by atoms with Crippen LogP contribution < -0.4 is 5.32 Å². The van der Waals surface area contributed by atoms with Crippen LogP contribution in [0.4, 0.5) is 0 Å². The Labute approximate surface area is 148 Å². The molecule has 0 aliphatic carbocycles. The van der Waals surface area contributed by atoms with Crippen molar-refractivity contribution in [2.75, 3.05) is 6.54 Å². The summed E-state index contributed by atoms with van der Waals surface area (Å²) in [5.74, 6) is 0.0857. The van der Waals surface area contributed by atoms with E-state index in [1.807, 2.05) is 11.6 Å². The molecule has 0 aliphatic heterocycles. The second kappa shape index (κ2) is 7.55. The van der Waals surface area contributed by atoms with Gasteiger partial charge >= 0.3 is 0 Å². The van der Waals surface area contributed by atoms with Crippen LogP contribution in [-0.4, -0.2) is 26.8 Å². The molecule has 3 aromatic rings. The topological polar surface area (TPSA) is 51.9 Å². The average Bonchev–Trinajstić information content (AvgIpc) is 3.13. The molecule has 0 bridgehead atoms. The lowest BCUT2D eigenvalue weighted by Gasteiger charge is -2.08. The summed E-state index contributed by atoms with van der Waals surface area (Å²) < 4.78 is 4.16. The first-order chi connectivity index (χ1) is 12.1. The Morgan fingerprint density at radius 1 is 1.12 bits per heavy atom. The van der Waals surface area contributed by atoms with Crippen molar-refractivity contribution in [3.05, 3.63) is 53.5 Å². The maximum Gasteiger partial charge on any atom is 0.221 e. The van der Waals surface area contributed by atoms with Crippen molar-refractivity contribution >= 4 is 16.8 Å². The molecular formula is C20H26N4O. The van der Waals surface area contributed by atoms with Gasteiger partial charge in [0.05, 0.1) is 5.69 Å². The van der Waals surface area contributed by atoms with Crippen molar-refractivity contribution in [1.82, 2.24) is 19.7 Å². The third kappa shape index (κ3) is 3.92. The van der Waals surface area contributed by atoms with Crippen LogP contribution in [0.25, 0.3) is 10.9 Å². The van der Waals surface area contributed by atoms with Gasteiger partial charge in [0.1, 0.15) is 0 Å². The maximum atomic E-state index is 12.0. The number of aryl methyl sites for hydroxylation is 3. The second-order valence-corrected chi connectivity index (χ2v) is 6.54. The number of fused-ring (bicyclic) bond motifs is 1. The van der Waals surface area contributed by atoms with Crippen molar-refractivity contribution in [3.63, 3.8) is 0 Å². The Hall–Kier alpha value is -2.56. The molecule has 0 radical (unpaired) electrons. The fourth-order valence-corrected chi connectivity index (χ4v) is 3.11. The molecule has 2 heterocycles. The third-order valence-corrected chi connectivity index (χ3v) is 4.87. The van der Waals surface area contributed by atoms with E-state index in [4.69, 9.17) is 0 Å². The van der Waals surface area contributed by atoms with Gasteiger partial charge in [-0.2, -0.15) is 5.10 Å². The highest BCUT2D eigenvalue weighted by Gasteiger charge is 2.09. The number of para-hydroxylation sites is 1. The first-order valence-corrected chi connectivity index (χ1v) is 8.87. The zero-order chi connectivity index (χ0) is 17.8. The van der Waals surface area contributed by atoms with E-state index < -0.39 is 0 Å². The molecule has 0 unspecified atom stereocenters.